The second-order valence-corrected chi connectivity index (χ2v) is 5.80. The van der Waals surface area contributed by atoms with Crippen molar-refractivity contribution in [1.29, 1.82) is 0 Å². The molecule has 1 atom stereocenters. The molecular weight excluding hydrogens is 218 g/mol. The second kappa shape index (κ2) is 5.16. The maximum atomic E-state index is 11.4. The fourth-order valence-electron chi connectivity index (χ4n) is 1.48. The number of sulfone groups is 1. The molecule has 1 rings (SSSR count). The highest BCUT2D eigenvalue weighted by molar-refractivity contribution is 7.92. The quantitative estimate of drug-likeness (QED) is 0.539. The van der Waals surface area contributed by atoms with Crippen LogP contribution in [-0.2, 0) is 19.4 Å². The minimum atomic E-state index is -2.91. The molecule has 1 N–H and O–H groups in total. The van der Waals surface area contributed by atoms with Gasteiger partial charge in [-0.05, 0) is 12.8 Å². The van der Waals surface area contributed by atoms with Crippen molar-refractivity contribution >= 4 is 15.8 Å². The van der Waals surface area contributed by atoms with E-state index in [0.717, 1.165) is 6.42 Å². The van der Waals surface area contributed by atoms with Crippen molar-refractivity contribution < 1.29 is 17.9 Å². The molecule has 1 unspecified atom stereocenters. The Kier molecular flexibility index (Phi) is 4.14. The zero-order chi connectivity index (χ0) is 11.3. The molecule has 0 aliphatic carbocycles. The maximum absolute atomic E-state index is 11.4. The summed E-state index contributed by atoms with van der Waals surface area (Å²) in [6.45, 7) is 0.357. The number of hydrogen-bond acceptors (Lipinski definition) is 5. The number of nitrogens with one attached hydrogen (secondary N) is 1. The molecule has 0 amide bonds. The first-order valence-electron chi connectivity index (χ1n) is 4.75. The van der Waals surface area contributed by atoms with Gasteiger partial charge < -0.3 is 10.1 Å². The smallest absolute Gasteiger partial charge is 0.331 e. The Morgan fingerprint density at radius 2 is 2.33 bits per heavy atom. The van der Waals surface area contributed by atoms with Gasteiger partial charge in [-0.25, -0.2) is 13.2 Å². The summed E-state index contributed by atoms with van der Waals surface area (Å²) in [6, 6.07) is 0. The fraction of sp³-hybridized carbons (Fsp3) is 0.667. The van der Waals surface area contributed by atoms with Crippen molar-refractivity contribution in [3.63, 3.8) is 0 Å². The fourth-order valence-corrected chi connectivity index (χ4v) is 3.26. The van der Waals surface area contributed by atoms with E-state index in [1.807, 2.05) is 0 Å². The third kappa shape index (κ3) is 3.54. The Labute approximate surface area is 89.4 Å². The molecule has 0 aromatic carbocycles. The highest BCUT2D eigenvalue weighted by atomic mass is 32.2. The predicted octanol–water partition coefficient (Wildman–Crippen LogP) is -0.160. The lowest BCUT2D eigenvalue weighted by molar-refractivity contribution is -0.134. The van der Waals surface area contributed by atoms with Crippen molar-refractivity contribution in [2.24, 2.45) is 0 Å². The molecule has 0 aromatic heterocycles. The summed E-state index contributed by atoms with van der Waals surface area (Å²) in [4.78, 5) is 10.7. The minimum Gasteiger partial charge on any atom is -0.466 e. The number of carbonyl (C=O) groups is 1. The summed E-state index contributed by atoms with van der Waals surface area (Å²) in [5, 5.41) is 2.47. The van der Waals surface area contributed by atoms with E-state index < -0.39 is 15.8 Å². The highest BCUT2D eigenvalue weighted by Crippen LogP contribution is 2.18. The molecule has 6 heteroatoms. The van der Waals surface area contributed by atoms with Gasteiger partial charge in [-0.3, -0.25) is 0 Å². The van der Waals surface area contributed by atoms with Crippen LogP contribution < -0.4 is 5.32 Å². The van der Waals surface area contributed by atoms with E-state index in [4.69, 9.17) is 0 Å². The van der Waals surface area contributed by atoms with Crippen molar-refractivity contribution in [1.82, 2.24) is 5.32 Å². The summed E-state index contributed by atoms with van der Waals surface area (Å²) < 4.78 is 27.2. The van der Waals surface area contributed by atoms with Crippen molar-refractivity contribution in [2.75, 3.05) is 19.4 Å². The molecule has 1 fully saturated rings. The minimum absolute atomic E-state index is 0.278. The van der Waals surface area contributed by atoms with Gasteiger partial charge in [0.05, 0.1) is 18.1 Å². The normalized spacial score (nSPS) is 24.2. The molecule has 1 aliphatic rings. The molecule has 5 nitrogen and oxygen atoms in total. The van der Waals surface area contributed by atoms with Crippen LogP contribution in [0.4, 0.5) is 0 Å². The van der Waals surface area contributed by atoms with Crippen molar-refractivity contribution in [3.8, 4) is 0 Å². The number of rotatable bonds is 4. The van der Waals surface area contributed by atoms with Gasteiger partial charge in [0.2, 0.25) is 0 Å². The number of hydrogen-bond donors (Lipinski definition) is 1. The monoisotopic (exact) mass is 233 g/mol. The van der Waals surface area contributed by atoms with Gasteiger partial charge in [0, 0.05) is 18.8 Å². The van der Waals surface area contributed by atoms with Crippen molar-refractivity contribution in [2.45, 2.75) is 18.1 Å². The van der Waals surface area contributed by atoms with E-state index in [1.165, 1.54) is 19.4 Å². The van der Waals surface area contributed by atoms with Crippen LogP contribution >= 0.6 is 0 Å². The van der Waals surface area contributed by atoms with E-state index in [0.29, 0.717) is 13.0 Å². The van der Waals surface area contributed by atoms with Gasteiger partial charge in [0.15, 0.2) is 9.84 Å². The molecule has 1 heterocycles. The zero-order valence-electron chi connectivity index (χ0n) is 8.60. The molecule has 0 bridgehead atoms. The summed E-state index contributed by atoms with van der Waals surface area (Å²) in [6.07, 6.45) is 4.07. The lowest BCUT2D eigenvalue weighted by Crippen LogP contribution is -2.27. The Morgan fingerprint density at radius 3 is 2.87 bits per heavy atom. The molecule has 0 radical (unpaired) electrons. The molecule has 1 saturated heterocycles. The molecule has 1 aliphatic heterocycles. The highest BCUT2D eigenvalue weighted by Gasteiger charge is 2.30. The first-order chi connectivity index (χ1) is 7.06. The van der Waals surface area contributed by atoms with Gasteiger partial charge in [0.25, 0.3) is 0 Å². The third-order valence-corrected chi connectivity index (χ3v) is 4.62. The Balaban J connectivity index is 2.32. The summed E-state index contributed by atoms with van der Waals surface area (Å²) >= 11 is 0. The van der Waals surface area contributed by atoms with Crippen LogP contribution in [0.5, 0.6) is 0 Å². The molecule has 0 saturated carbocycles. The van der Waals surface area contributed by atoms with E-state index in [1.54, 1.807) is 0 Å². The topological polar surface area (TPSA) is 72.5 Å². The average molecular weight is 233 g/mol. The van der Waals surface area contributed by atoms with E-state index in [9.17, 15) is 13.2 Å². The van der Waals surface area contributed by atoms with E-state index in [-0.39, 0.29) is 11.0 Å². The predicted molar refractivity (Wildman–Crippen MR) is 56.0 cm³/mol. The Hall–Kier alpha value is -1.04. The van der Waals surface area contributed by atoms with Crippen LogP contribution in [0.25, 0.3) is 0 Å². The maximum Gasteiger partial charge on any atom is 0.331 e. The molecule has 15 heavy (non-hydrogen) atoms. The van der Waals surface area contributed by atoms with Crippen LogP contribution in [0.3, 0.4) is 0 Å². The first-order valence-corrected chi connectivity index (χ1v) is 6.47. The summed E-state index contributed by atoms with van der Waals surface area (Å²) in [7, 11) is -1.62. The summed E-state index contributed by atoms with van der Waals surface area (Å²) in [5.41, 5.74) is 0. The summed E-state index contributed by atoms with van der Waals surface area (Å²) in [5.74, 6) is -0.183. The lowest BCUT2D eigenvalue weighted by Gasteiger charge is -2.08. The van der Waals surface area contributed by atoms with Crippen LogP contribution in [0.15, 0.2) is 12.3 Å². The third-order valence-electron chi connectivity index (χ3n) is 2.35. The molecular formula is C9H15NO4S. The van der Waals surface area contributed by atoms with E-state index >= 15 is 0 Å². The van der Waals surface area contributed by atoms with Crippen LogP contribution in [0.2, 0.25) is 0 Å². The van der Waals surface area contributed by atoms with Crippen LogP contribution in [-0.4, -0.2) is 39.0 Å². The lowest BCUT2D eigenvalue weighted by atomic mass is 10.2. The standard InChI is InChI=1S/C9H15NO4S/c1-14-9(11)4-5-10-7-8-3-2-6-15(8,12)13/h4-5,8,10H,2-3,6-7H2,1H3/b5-4+. The number of carbonyl (C=O) groups excluding carboxylic acids is 1. The molecule has 0 spiro atoms. The molecule has 86 valence electrons. The van der Waals surface area contributed by atoms with Gasteiger partial charge in [-0.2, -0.15) is 0 Å². The molecule has 0 aromatic rings. The average Bonchev–Trinajstić information content (AvgIpc) is 2.52. The van der Waals surface area contributed by atoms with Gasteiger partial charge >= 0.3 is 5.97 Å². The number of methoxy groups -OCH3 is 1. The number of esters is 1. The van der Waals surface area contributed by atoms with Gasteiger partial charge in [-0.1, -0.05) is 0 Å². The second-order valence-electron chi connectivity index (χ2n) is 3.40. The zero-order valence-corrected chi connectivity index (χ0v) is 9.42. The Bertz CT molecular complexity index is 347. The van der Waals surface area contributed by atoms with Crippen molar-refractivity contribution in [3.05, 3.63) is 12.3 Å². The van der Waals surface area contributed by atoms with Gasteiger partial charge in [-0.15, -0.1) is 0 Å². The SMILES string of the molecule is COC(=O)/C=C/NCC1CCCS1(=O)=O. The number of ether oxygens (including phenoxy) is 1. The van der Waals surface area contributed by atoms with Crippen LogP contribution in [0.1, 0.15) is 12.8 Å². The van der Waals surface area contributed by atoms with Gasteiger partial charge in [0.1, 0.15) is 0 Å². The Morgan fingerprint density at radius 1 is 1.60 bits per heavy atom. The van der Waals surface area contributed by atoms with Crippen LogP contribution in [0, 0.1) is 0 Å². The largest absolute Gasteiger partial charge is 0.466 e. The van der Waals surface area contributed by atoms with E-state index in [2.05, 4.69) is 10.1 Å². The first kappa shape index (κ1) is 12.0.